The lowest BCUT2D eigenvalue weighted by molar-refractivity contribution is -0.142. The van der Waals surface area contributed by atoms with Gasteiger partial charge in [0.25, 0.3) is 5.91 Å². The smallest absolute Gasteiger partial charge is 0.306 e. The molecule has 0 saturated heterocycles. The van der Waals surface area contributed by atoms with E-state index in [-0.39, 0.29) is 18.0 Å². The van der Waals surface area contributed by atoms with Gasteiger partial charge in [-0.1, -0.05) is 0 Å². The van der Waals surface area contributed by atoms with Gasteiger partial charge in [0.2, 0.25) is 5.91 Å². The third-order valence-electron chi connectivity index (χ3n) is 3.68. The van der Waals surface area contributed by atoms with Gasteiger partial charge in [-0.3, -0.25) is 14.4 Å². The van der Waals surface area contributed by atoms with Crippen molar-refractivity contribution >= 4 is 51.5 Å². The maximum atomic E-state index is 11.8. The number of nitrogens with two attached hydrogens (primary N) is 1. The molecule has 4 N–H and O–H groups in total. The predicted molar refractivity (Wildman–Crippen MR) is 95.1 cm³/mol. The second-order valence-electron chi connectivity index (χ2n) is 5.36. The SMILES string of the molecule is COC(=O)CCC(=O)NC(=S)Nc1sc2c(c1C(N)=O)CCCC2. The third kappa shape index (κ3) is 4.51. The molecule has 0 fully saturated rings. The van der Waals surface area contributed by atoms with Gasteiger partial charge in [0.05, 0.1) is 19.1 Å². The number of rotatable bonds is 5. The molecule has 0 bridgehead atoms. The van der Waals surface area contributed by atoms with Crippen LogP contribution in [0.3, 0.4) is 0 Å². The Hall–Kier alpha value is -2.00. The number of hydrogen-bond donors (Lipinski definition) is 3. The van der Waals surface area contributed by atoms with Crippen LogP contribution in [0.15, 0.2) is 0 Å². The van der Waals surface area contributed by atoms with Crippen LogP contribution in [0.5, 0.6) is 0 Å². The van der Waals surface area contributed by atoms with E-state index in [0.29, 0.717) is 10.6 Å². The number of ether oxygens (including phenoxy) is 1. The minimum atomic E-state index is -0.503. The molecule has 9 heteroatoms. The Morgan fingerprint density at radius 2 is 1.96 bits per heavy atom. The number of hydrogen-bond acceptors (Lipinski definition) is 6. The normalized spacial score (nSPS) is 12.9. The van der Waals surface area contributed by atoms with Crippen molar-refractivity contribution in [2.24, 2.45) is 5.73 Å². The second-order valence-corrected chi connectivity index (χ2v) is 6.87. The number of methoxy groups -OCH3 is 1. The first-order valence-electron chi connectivity index (χ1n) is 7.54. The lowest BCUT2D eigenvalue weighted by atomic mass is 9.95. The summed E-state index contributed by atoms with van der Waals surface area (Å²) in [5.74, 6) is -1.37. The van der Waals surface area contributed by atoms with E-state index in [9.17, 15) is 14.4 Å². The Morgan fingerprint density at radius 3 is 2.62 bits per heavy atom. The van der Waals surface area contributed by atoms with Gasteiger partial charge in [0.15, 0.2) is 5.11 Å². The van der Waals surface area contributed by atoms with Gasteiger partial charge in [-0.25, -0.2) is 0 Å². The summed E-state index contributed by atoms with van der Waals surface area (Å²) in [6.07, 6.45) is 3.80. The number of fused-ring (bicyclic) bond motifs is 1. The van der Waals surface area contributed by atoms with Crippen LogP contribution in [0.2, 0.25) is 0 Å². The van der Waals surface area contributed by atoms with Gasteiger partial charge >= 0.3 is 5.97 Å². The van der Waals surface area contributed by atoms with Crippen molar-refractivity contribution in [3.63, 3.8) is 0 Å². The quantitative estimate of drug-likeness (QED) is 0.536. The van der Waals surface area contributed by atoms with Gasteiger partial charge in [0, 0.05) is 11.3 Å². The van der Waals surface area contributed by atoms with Crippen LogP contribution in [0, 0.1) is 0 Å². The molecule has 1 aromatic heterocycles. The fourth-order valence-electron chi connectivity index (χ4n) is 2.56. The Balaban J connectivity index is 2.01. The van der Waals surface area contributed by atoms with E-state index in [0.717, 1.165) is 36.1 Å². The first kappa shape index (κ1) is 18.3. The molecule has 0 aliphatic heterocycles. The van der Waals surface area contributed by atoms with Gasteiger partial charge in [-0.05, 0) is 43.5 Å². The summed E-state index contributed by atoms with van der Waals surface area (Å²) in [6, 6.07) is 0. The average Bonchev–Trinajstić information content (AvgIpc) is 2.90. The molecule has 7 nitrogen and oxygen atoms in total. The molecule has 0 unspecified atom stereocenters. The Morgan fingerprint density at radius 1 is 1.25 bits per heavy atom. The summed E-state index contributed by atoms with van der Waals surface area (Å²) in [4.78, 5) is 35.7. The maximum Gasteiger partial charge on any atom is 0.306 e. The molecular formula is C15H19N3O4S2. The molecule has 1 aliphatic carbocycles. The van der Waals surface area contributed by atoms with Crippen molar-refractivity contribution < 1.29 is 19.1 Å². The van der Waals surface area contributed by atoms with E-state index in [4.69, 9.17) is 18.0 Å². The highest BCUT2D eigenvalue weighted by Crippen LogP contribution is 2.37. The van der Waals surface area contributed by atoms with Gasteiger partial charge in [-0.2, -0.15) is 0 Å². The first-order chi connectivity index (χ1) is 11.4. The number of primary amides is 1. The summed E-state index contributed by atoms with van der Waals surface area (Å²) in [5.41, 5.74) is 6.95. The highest BCUT2D eigenvalue weighted by molar-refractivity contribution is 7.80. The zero-order chi connectivity index (χ0) is 17.7. The number of amides is 2. The van der Waals surface area contributed by atoms with Crippen molar-refractivity contribution in [3.05, 3.63) is 16.0 Å². The predicted octanol–water partition coefficient (Wildman–Crippen LogP) is 1.49. The van der Waals surface area contributed by atoms with E-state index < -0.39 is 17.8 Å². The number of aryl methyl sites for hydroxylation is 1. The van der Waals surface area contributed by atoms with Crippen LogP contribution in [-0.2, 0) is 27.2 Å². The standard InChI is InChI=1S/C15H19N3O4S2/c1-22-11(20)7-6-10(19)17-15(23)18-14-12(13(16)21)8-4-2-3-5-9(8)24-14/h2-7H2,1H3,(H2,16,21)(H2,17,18,19,23). The summed E-state index contributed by atoms with van der Waals surface area (Å²) >= 11 is 6.55. The minimum Gasteiger partial charge on any atom is -0.469 e. The maximum absolute atomic E-state index is 11.8. The van der Waals surface area contributed by atoms with Crippen molar-refractivity contribution in [2.75, 3.05) is 12.4 Å². The average molecular weight is 369 g/mol. The zero-order valence-electron chi connectivity index (χ0n) is 13.3. The number of thiophene rings is 1. The highest BCUT2D eigenvalue weighted by Gasteiger charge is 2.24. The van der Waals surface area contributed by atoms with E-state index in [1.165, 1.54) is 18.4 Å². The molecule has 0 saturated carbocycles. The van der Waals surface area contributed by atoms with Crippen molar-refractivity contribution in [3.8, 4) is 0 Å². The fourth-order valence-corrected chi connectivity index (χ4v) is 4.14. The zero-order valence-corrected chi connectivity index (χ0v) is 14.9. The van der Waals surface area contributed by atoms with Crippen LogP contribution in [0.1, 0.15) is 46.5 Å². The van der Waals surface area contributed by atoms with Gasteiger partial charge in [0.1, 0.15) is 5.00 Å². The van der Waals surface area contributed by atoms with E-state index in [1.54, 1.807) is 0 Å². The molecule has 2 rings (SSSR count). The molecule has 24 heavy (non-hydrogen) atoms. The monoisotopic (exact) mass is 369 g/mol. The van der Waals surface area contributed by atoms with Crippen molar-refractivity contribution in [1.82, 2.24) is 5.32 Å². The van der Waals surface area contributed by atoms with Gasteiger partial charge < -0.3 is 21.1 Å². The molecule has 0 spiro atoms. The number of carbonyl (C=O) groups is 3. The summed E-state index contributed by atoms with van der Waals surface area (Å²) in [6.45, 7) is 0. The first-order valence-corrected chi connectivity index (χ1v) is 8.76. The Labute approximate surface area is 148 Å². The Bertz CT molecular complexity index is 685. The molecule has 130 valence electrons. The van der Waals surface area contributed by atoms with Crippen LogP contribution < -0.4 is 16.4 Å². The molecule has 1 aromatic rings. The van der Waals surface area contributed by atoms with Crippen LogP contribution >= 0.6 is 23.6 Å². The summed E-state index contributed by atoms with van der Waals surface area (Å²) in [7, 11) is 1.26. The molecule has 0 atom stereocenters. The fraction of sp³-hybridized carbons (Fsp3) is 0.467. The van der Waals surface area contributed by atoms with Gasteiger partial charge in [-0.15, -0.1) is 11.3 Å². The van der Waals surface area contributed by atoms with Crippen LogP contribution in [-0.4, -0.2) is 30.0 Å². The van der Waals surface area contributed by atoms with Crippen LogP contribution in [0.4, 0.5) is 5.00 Å². The number of carbonyl (C=O) groups excluding carboxylic acids is 3. The van der Waals surface area contributed by atoms with Crippen molar-refractivity contribution in [2.45, 2.75) is 38.5 Å². The second kappa shape index (κ2) is 8.20. The summed E-state index contributed by atoms with van der Waals surface area (Å²) in [5, 5.41) is 6.00. The topological polar surface area (TPSA) is 111 Å². The largest absolute Gasteiger partial charge is 0.469 e. The number of thiocarbonyl (C=S) groups is 1. The lowest BCUT2D eigenvalue weighted by Gasteiger charge is -2.11. The molecule has 1 heterocycles. The number of anilines is 1. The lowest BCUT2D eigenvalue weighted by Crippen LogP contribution is -2.34. The molecule has 2 amide bonds. The number of nitrogens with one attached hydrogen (secondary N) is 2. The molecular weight excluding hydrogens is 350 g/mol. The minimum absolute atomic E-state index is 0.0230. The molecule has 0 radical (unpaired) electrons. The van der Waals surface area contributed by atoms with Crippen molar-refractivity contribution in [1.29, 1.82) is 0 Å². The van der Waals surface area contributed by atoms with Crippen LogP contribution in [0.25, 0.3) is 0 Å². The van der Waals surface area contributed by atoms with E-state index in [1.807, 2.05) is 0 Å². The molecule has 1 aliphatic rings. The third-order valence-corrected chi connectivity index (χ3v) is 5.09. The van der Waals surface area contributed by atoms with E-state index >= 15 is 0 Å². The Kier molecular flexibility index (Phi) is 6.27. The highest BCUT2D eigenvalue weighted by atomic mass is 32.1. The number of esters is 1. The molecule has 0 aromatic carbocycles. The summed E-state index contributed by atoms with van der Waals surface area (Å²) < 4.78 is 4.47. The van der Waals surface area contributed by atoms with E-state index in [2.05, 4.69) is 15.4 Å².